The maximum absolute atomic E-state index is 11.4. The molecule has 0 aliphatic carbocycles. The molecule has 1 atom stereocenters. The first-order chi connectivity index (χ1) is 11.2. The van der Waals surface area contributed by atoms with E-state index in [9.17, 15) is 4.79 Å². The van der Waals surface area contributed by atoms with E-state index in [0.717, 1.165) is 58.8 Å². The zero-order valence-corrected chi connectivity index (χ0v) is 14.7. The molecule has 3 heterocycles. The van der Waals surface area contributed by atoms with E-state index < -0.39 is 0 Å². The highest BCUT2D eigenvalue weighted by Crippen LogP contribution is 2.26. The Kier molecular flexibility index (Phi) is 6.05. The van der Waals surface area contributed by atoms with E-state index in [-0.39, 0.29) is 5.91 Å². The molecule has 1 amide bonds. The molecule has 0 spiro atoms. The van der Waals surface area contributed by atoms with Crippen molar-refractivity contribution in [2.45, 2.75) is 31.8 Å². The number of nitrogens with zero attached hydrogens (tertiary/aromatic N) is 2. The Morgan fingerprint density at radius 2 is 2.09 bits per heavy atom. The molecule has 6 heteroatoms. The normalized spacial score (nSPS) is 22.2. The second kappa shape index (κ2) is 8.24. The number of carbonyl (C=O) groups excluding carboxylic acids is 1. The number of hydrogen-bond acceptors (Lipinski definition) is 5. The van der Waals surface area contributed by atoms with Gasteiger partial charge in [-0.1, -0.05) is 6.07 Å². The lowest BCUT2D eigenvalue weighted by Crippen LogP contribution is -2.48. The van der Waals surface area contributed by atoms with Crippen molar-refractivity contribution >= 4 is 17.2 Å². The van der Waals surface area contributed by atoms with Crippen molar-refractivity contribution in [3.63, 3.8) is 0 Å². The highest BCUT2D eigenvalue weighted by Gasteiger charge is 2.26. The molecule has 2 saturated heterocycles. The molecule has 0 radical (unpaired) electrons. The molecule has 3 rings (SSSR count). The van der Waals surface area contributed by atoms with Crippen LogP contribution in [-0.4, -0.2) is 67.7 Å². The van der Waals surface area contributed by atoms with Gasteiger partial charge < -0.3 is 15.0 Å². The molecule has 1 aromatic rings. The van der Waals surface area contributed by atoms with Crippen molar-refractivity contribution in [3.8, 4) is 0 Å². The number of piperidine rings is 1. The number of carbonyl (C=O) groups is 1. The van der Waals surface area contributed by atoms with Crippen LogP contribution in [0, 0.1) is 0 Å². The molecule has 2 aliphatic rings. The lowest BCUT2D eigenvalue weighted by Gasteiger charge is -2.36. The Hall–Kier alpha value is -0.950. The topological polar surface area (TPSA) is 44.8 Å². The first-order valence-corrected chi connectivity index (χ1v) is 9.46. The SMILES string of the molecule is CC(=O)N1CCC(NC[C@H](c2cccs2)N2CCOCC2)CC1. The Morgan fingerprint density at radius 1 is 1.35 bits per heavy atom. The van der Waals surface area contributed by atoms with Gasteiger partial charge >= 0.3 is 0 Å². The van der Waals surface area contributed by atoms with E-state index in [4.69, 9.17) is 4.74 Å². The minimum Gasteiger partial charge on any atom is -0.379 e. The van der Waals surface area contributed by atoms with Crippen molar-refractivity contribution in [3.05, 3.63) is 22.4 Å². The summed E-state index contributed by atoms with van der Waals surface area (Å²) in [5, 5.41) is 5.91. The second-order valence-electron chi connectivity index (χ2n) is 6.37. The molecule has 0 aromatic carbocycles. The van der Waals surface area contributed by atoms with Crippen molar-refractivity contribution in [2.24, 2.45) is 0 Å². The van der Waals surface area contributed by atoms with Gasteiger partial charge in [-0.3, -0.25) is 9.69 Å². The van der Waals surface area contributed by atoms with E-state index in [1.807, 2.05) is 16.2 Å². The molecular formula is C17H27N3O2S. The average Bonchev–Trinajstić information content (AvgIpc) is 3.11. The summed E-state index contributed by atoms with van der Waals surface area (Å²) in [6, 6.07) is 5.34. The Bertz CT molecular complexity index is 480. The summed E-state index contributed by atoms with van der Waals surface area (Å²) in [7, 11) is 0. The molecule has 2 fully saturated rings. The number of likely N-dealkylation sites (tertiary alicyclic amines) is 1. The molecule has 1 aromatic heterocycles. The first kappa shape index (κ1) is 16.9. The van der Waals surface area contributed by atoms with Crippen LogP contribution in [0.3, 0.4) is 0 Å². The van der Waals surface area contributed by atoms with Crippen LogP contribution in [0.2, 0.25) is 0 Å². The van der Waals surface area contributed by atoms with E-state index in [1.165, 1.54) is 4.88 Å². The van der Waals surface area contributed by atoms with Crippen molar-refractivity contribution in [1.29, 1.82) is 0 Å². The third-order valence-corrected chi connectivity index (χ3v) is 5.87. The van der Waals surface area contributed by atoms with Crippen LogP contribution in [0.5, 0.6) is 0 Å². The van der Waals surface area contributed by atoms with Crippen LogP contribution in [0.4, 0.5) is 0 Å². The van der Waals surface area contributed by atoms with Crippen LogP contribution in [-0.2, 0) is 9.53 Å². The number of morpholine rings is 1. The van der Waals surface area contributed by atoms with Gasteiger partial charge in [0.15, 0.2) is 0 Å². The minimum atomic E-state index is 0.202. The fourth-order valence-corrected chi connectivity index (χ4v) is 4.32. The standard InChI is InChI=1S/C17H27N3O2S/c1-14(21)19-6-4-15(5-7-19)18-13-16(17-3-2-12-23-17)20-8-10-22-11-9-20/h2-3,12,15-16,18H,4-11,13H2,1H3/t16-/m1/s1. The minimum absolute atomic E-state index is 0.202. The molecule has 0 saturated carbocycles. The highest BCUT2D eigenvalue weighted by molar-refractivity contribution is 7.10. The first-order valence-electron chi connectivity index (χ1n) is 8.58. The van der Waals surface area contributed by atoms with Crippen LogP contribution >= 0.6 is 11.3 Å². The molecule has 23 heavy (non-hydrogen) atoms. The van der Waals surface area contributed by atoms with Crippen LogP contribution in [0.25, 0.3) is 0 Å². The molecule has 0 bridgehead atoms. The zero-order valence-electron chi connectivity index (χ0n) is 13.9. The summed E-state index contributed by atoms with van der Waals surface area (Å²) in [6.07, 6.45) is 2.11. The lowest BCUT2D eigenvalue weighted by molar-refractivity contribution is -0.129. The maximum Gasteiger partial charge on any atom is 0.219 e. The van der Waals surface area contributed by atoms with E-state index in [0.29, 0.717) is 12.1 Å². The summed E-state index contributed by atoms with van der Waals surface area (Å²) in [5.41, 5.74) is 0. The van der Waals surface area contributed by atoms with Crippen molar-refractivity contribution in [2.75, 3.05) is 45.9 Å². The average molecular weight is 337 g/mol. The van der Waals surface area contributed by atoms with Gasteiger partial charge in [-0.2, -0.15) is 0 Å². The molecule has 5 nitrogen and oxygen atoms in total. The quantitative estimate of drug-likeness (QED) is 0.889. The molecule has 2 aliphatic heterocycles. The summed E-state index contributed by atoms with van der Waals surface area (Å²) in [4.78, 5) is 17.3. The molecular weight excluding hydrogens is 310 g/mol. The number of hydrogen-bond donors (Lipinski definition) is 1. The largest absolute Gasteiger partial charge is 0.379 e. The van der Waals surface area contributed by atoms with Gasteiger partial charge in [-0.05, 0) is 24.3 Å². The number of ether oxygens (including phenoxy) is 1. The van der Waals surface area contributed by atoms with Crippen LogP contribution < -0.4 is 5.32 Å². The number of nitrogens with one attached hydrogen (secondary N) is 1. The highest BCUT2D eigenvalue weighted by atomic mass is 32.1. The van der Waals surface area contributed by atoms with Crippen molar-refractivity contribution in [1.82, 2.24) is 15.1 Å². The molecule has 0 unspecified atom stereocenters. The van der Waals surface area contributed by atoms with E-state index in [2.05, 4.69) is 27.7 Å². The van der Waals surface area contributed by atoms with E-state index in [1.54, 1.807) is 6.92 Å². The van der Waals surface area contributed by atoms with Gasteiger partial charge in [-0.25, -0.2) is 0 Å². The Morgan fingerprint density at radius 3 is 2.70 bits per heavy atom. The number of rotatable bonds is 5. The van der Waals surface area contributed by atoms with Crippen molar-refractivity contribution < 1.29 is 9.53 Å². The monoisotopic (exact) mass is 337 g/mol. The summed E-state index contributed by atoms with van der Waals surface area (Å²) in [5.74, 6) is 0.202. The lowest BCUT2D eigenvalue weighted by atomic mass is 10.0. The Balaban J connectivity index is 1.54. The van der Waals surface area contributed by atoms with Crippen LogP contribution in [0.15, 0.2) is 17.5 Å². The maximum atomic E-state index is 11.4. The number of thiophene rings is 1. The second-order valence-corrected chi connectivity index (χ2v) is 7.35. The predicted octanol–water partition coefficient (Wildman–Crippen LogP) is 1.72. The number of amides is 1. The van der Waals surface area contributed by atoms with E-state index >= 15 is 0 Å². The van der Waals surface area contributed by atoms with Crippen LogP contribution in [0.1, 0.15) is 30.7 Å². The van der Waals surface area contributed by atoms with Gasteiger partial charge in [0.1, 0.15) is 0 Å². The third-order valence-electron chi connectivity index (χ3n) is 4.90. The third kappa shape index (κ3) is 4.53. The fraction of sp³-hybridized carbons (Fsp3) is 0.706. The fourth-order valence-electron chi connectivity index (χ4n) is 3.46. The van der Waals surface area contributed by atoms with Gasteiger partial charge in [-0.15, -0.1) is 11.3 Å². The molecule has 128 valence electrons. The Labute approximate surface area is 142 Å². The summed E-state index contributed by atoms with van der Waals surface area (Å²) >= 11 is 1.84. The van der Waals surface area contributed by atoms with Gasteiger partial charge in [0.2, 0.25) is 5.91 Å². The summed E-state index contributed by atoms with van der Waals surface area (Å²) in [6.45, 7) is 8.09. The smallest absolute Gasteiger partial charge is 0.219 e. The van der Waals surface area contributed by atoms with Gasteiger partial charge in [0.05, 0.1) is 19.3 Å². The van der Waals surface area contributed by atoms with Gasteiger partial charge in [0, 0.05) is 50.6 Å². The molecule has 1 N–H and O–H groups in total. The zero-order chi connectivity index (χ0) is 16.1. The summed E-state index contributed by atoms with van der Waals surface area (Å²) < 4.78 is 5.50. The predicted molar refractivity (Wildman–Crippen MR) is 92.7 cm³/mol. The van der Waals surface area contributed by atoms with Gasteiger partial charge in [0.25, 0.3) is 0 Å².